The van der Waals surface area contributed by atoms with Crippen LogP contribution in [0.5, 0.6) is 0 Å². The molecule has 1 saturated heterocycles. The van der Waals surface area contributed by atoms with Gasteiger partial charge in [0.15, 0.2) is 0 Å². The zero-order valence-electron chi connectivity index (χ0n) is 15.5. The number of amides is 1. The molecule has 1 aliphatic heterocycles. The van der Waals surface area contributed by atoms with Gasteiger partial charge in [-0.05, 0) is 12.5 Å². The van der Waals surface area contributed by atoms with Crippen molar-refractivity contribution in [3.8, 4) is 0 Å². The van der Waals surface area contributed by atoms with Crippen LogP contribution in [0.3, 0.4) is 0 Å². The molecule has 0 radical (unpaired) electrons. The molecule has 7 heteroatoms. The van der Waals surface area contributed by atoms with E-state index in [0.29, 0.717) is 5.69 Å². The predicted octanol–water partition coefficient (Wildman–Crippen LogP) is 2.68. The van der Waals surface area contributed by atoms with Gasteiger partial charge in [0.1, 0.15) is 5.69 Å². The number of aromatic nitrogens is 3. The summed E-state index contributed by atoms with van der Waals surface area (Å²) in [7, 11) is 0. The van der Waals surface area contributed by atoms with Crippen LogP contribution in [0.15, 0.2) is 11.4 Å². The van der Waals surface area contributed by atoms with Crippen LogP contribution in [0.4, 0.5) is 0 Å². The second-order valence-corrected chi connectivity index (χ2v) is 8.45. The number of hydrogen-bond donors (Lipinski definition) is 1. The molecular weight excluding hydrogens is 334 g/mol. The van der Waals surface area contributed by atoms with Crippen molar-refractivity contribution in [2.75, 3.05) is 26.2 Å². The molecule has 0 saturated carbocycles. The average molecular weight is 362 g/mol. The second-order valence-electron chi connectivity index (χ2n) is 7.59. The minimum Gasteiger partial charge on any atom is -0.335 e. The van der Waals surface area contributed by atoms with E-state index in [0.717, 1.165) is 50.5 Å². The first-order valence-corrected chi connectivity index (χ1v) is 9.75. The van der Waals surface area contributed by atoms with Gasteiger partial charge in [0, 0.05) is 49.2 Å². The highest BCUT2D eigenvalue weighted by Gasteiger charge is 2.25. The summed E-state index contributed by atoms with van der Waals surface area (Å²) >= 11 is 1.74. The van der Waals surface area contributed by atoms with Crippen molar-refractivity contribution < 1.29 is 4.79 Å². The van der Waals surface area contributed by atoms with Crippen molar-refractivity contribution in [3.63, 3.8) is 0 Å². The zero-order chi connectivity index (χ0) is 18.0. The van der Waals surface area contributed by atoms with E-state index in [-0.39, 0.29) is 11.3 Å². The molecule has 0 bridgehead atoms. The predicted molar refractivity (Wildman–Crippen MR) is 100.0 cm³/mol. The number of piperazine rings is 1. The topological polar surface area (TPSA) is 65.1 Å². The van der Waals surface area contributed by atoms with Crippen molar-refractivity contribution in [1.29, 1.82) is 0 Å². The molecule has 3 heterocycles. The Balaban J connectivity index is 1.53. The fourth-order valence-electron chi connectivity index (χ4n) is 2.88. The number of carbonyl (C=O) groups is 1. The number of nitrogens with one attached hydrogen (secondary N) is 1. The molecule has 3 rings (SSSR count). The van der Waals surface area contributed by atoms with Gasteiger partial charge in [0.2, 0.25) is 0 Å². The zero-order valence-corrected chi connectivity index (χ0v) is 16.3. The Bertz CT molecular complexity index is 722. The van der Waals surface area contributed by atoms with Crippen LogP contribution in [-0.4, -0.2) is 57.1 Å². The molecule has 136 valence electrons. The minimum atomic E-state index is 0.0271. The minimum absolute atomic E-state index is 0.0271. The Labute approximate surface area is 153 Å². The van der Waals surface area contributed by atoms with E-state index >= 15 is 0 Å². The van der Waals surface area contributed by atoms with E-state index in [4.69, 9.17) is 4.98 Å². The van der Waals surface area contributed by atoms with Crippen LogP contribution >= 0.6 is 11.3 Å². The third-order valence-electron chi connectivity index (χ3n) is 4.47. The first-order chi connectivity index (χ1) is 11.9. The lowest BCUT2D eigenvalue weighted by atomic mass is 9.98. The molecule has 1 N–H and O–H groups in total. The van der Waals surface area contributed by atoms with Crippen LogP contribution in [0.2, 0.25) is 0 Å². The van der Waals surface area contributed by atoms with Gasteiger partial charge in [-0.15, -0.1) is 11.3 Å². The highest BCUT2D eigenvalue weighted by atomic mass is 32.1. The SMILES string of the molecule is CCc1cc(C(=O)N2CCN(Cc3csc(C(C)(C)C)n3)CC2)n[nH]1. The van der Waals surface area contributed by atoms with Gasteiger partial charge in [-0.2, -0.15) is 5.10 Å². The standard InChI is InChI=1S/C18H27N5OS/c1-5-13-10-15(21-20-13)16(24)23-8-6-22(7-9-23)11-14-12-25-17(19-14)18(2,3)4/h10,12H,5-9,11H2,1-4H3,(H,20,21). The molecule has 6 nitrogen and oxygen atoms in total. The van der Waals surface area contributed by atoms with E-state index in [1.54, 1.807) is 11.3 Å². The second kappa shape index (κ2) is 7.25. The Hall–Kier alpha value is -1.73. The van der Waals surface area contributed by atoms with Gasteiger partial charge in [-0.1, -0.05) is 27.7 Å². The largest absolute Gasteiger partial charge is 0.335 e. The molecule has 1 amide bonds. The van der Waals surface area contributed by atoms with Crippen LogP contribution in [0, 0.1) is 0 Å². The number of carbonyl (C=O) groups excluding carboxylic acids is 1. The Morgan fingerprint density at radius 3 is 2.56 bits per heavy atom. The number of rotatable bonds is 4. The van der Waals surface area contributed by atoms with Crippen molar-refractivity contribution in [2.45, 2.75) is 46.1 Å². The summed E-state index contributed by atoms with van der Waals surface area (Å²) in [6, 6.07) is 1.86. The maximum atomic E-state index is 12.5. The molecule has 0 aliphatic carbocycles. The summed E-state index contributed by atoms with van der Waals surface area (Å²) in [4.78, 5) is 21.6. The number of aromatic amines is 1. The Morgan fingerprint density at radius 2 is 2.00 bits per heavy atom. The number of thiazole rings is 1. The number of hydrogen-bond acceptors (Lipinski definition) is 5. The average Bonchev–Trinajstić information content (AvgIpc) is 3.23. The van der Waals surface area contributed by atoms with Gasteiger partial charge < -0.3 is 4.90 Å². The summed E-state index contributed by atoms with van der Waals surface area (Å²) in [5.41, 5.74) is 2.77. The molecule has 1 aliphatic rings. The lowest BCUT2D eigenvalue weighted by Gasteiger charge is -2.34. The highest BCUT2D eigenvalue weighted by Crippen LogP contribution is 2.26. The lowest BCUT2D eigenvalue weighted by molar-refractivity contribution is 0.0621. The molecule has 0 atom stereocenters. The van der Waals surface area contributed by atoms with Gasteiger partial charge in [-0.3, -0.25) is 14.8 Å². The lowest BCUT2D eigenvalue weighted by Crippen LogP contribution is -2.48. The fraction of sp³-hybridized carbons (Fsp3) is 0.611. The van der Waals surface area contributed by atoms with Crippen LogP contribution in [0.25, 0.3) is 0 Å². The molecule has 2 aromatic heterocycles. The summed E-state index contributed by atoms with van der Waals surface area (Å²) < 4.78 is 0. The molecule has 0 spiro atoms. The van der Waals surface area contributed by atoms with Crippen LogP contribution < -0.4 is 0 Å². The van der Waals surface area contributed by atoms with E-state index in [1.165, 1.54) is 5.01 Å². The first kappa shape index (κ1) is 18.1. The quantitative estimate of drug-likeness (QED) is 0.909. The summed E-state index contributed by atoms with van der Waals surface area (Å²) in [6.07, 6.45) is 0.859. The van der Waals surface area contributed by atoms with Gasteiger partial charge in [0.05, 0.1) is 10.7 Å². The summed E-state index contributed by atoms with van der Waals surface area (Å²) in [6.45, 7) is 12.7. The maximum absolute atomic E-state index is 12.5. The molecule has 25 heavy (non-hydrogen) atoms. The molecule has 0 unspecified atom stereocenters. The van der Waals surface area contributed by atoms with Crippen molar-refractivity contribution in [2.24, 2.45) is 0 Å². The number of aryl methyl sites for hydroxylation is 1. The van der Waals surface area contributed by atoms with Crippen molar-refractivity contribution in [1.82, 2.24) is 25.0 Å². The third-order valence-corrected chi connectivity index (χ3v) is 5.79. The smallest absolute Gasteiger partial charge is 0.274 e. The third kappa shape index (κ3) is 4.27. The normalized spacial score (nSPS) is 16.4. The van der Waals surface area contributed by atoms with Gasteiger partial charge in [-0.25, -0.2) is 4.98 Å². The van der Waals surface area contributed by atoms with Crippen LogP contribution in [0.1, 0.15) is 54.6 Å². The molecule has 2 aromatic rings. The molecule has 0 aromatic carbocycles. The first-order valence-electron chi connectivity index (χ1n) is 8.87. The van der Waals surface area contributed by atoms with E-state index in [1.807, 2.05) is 17.9 Å². The fourth-order valence-corrected chi connectivity index (χ4v) is 3.77. The number of nitrogens with zero attached hydrogens (tertiary/aromatic N) is 4. The molecule has 1 fully saturated rings. The van der Waals surface area contributed by atoms with E-state index in [2.05, 4.69) is 41.2 Å². The number of H-pyrrole nitrogens is 1. The van der Waals surface area contributed by atoms with Gasteiger partial charge in [0.25, 0.3) is 5.91 Å². The van der Waals surface area contributed by atoms with Crippen molar-refractivity contribution >= 4 is 17.2 Å². The monoisotopic (exact) mass is 361 g/mol. The summed E-state index contributed by atoms with van der Waals surface area (Å²) in [5.74, 6) is 0.0271. The summed E-state index contributed by atoms with van der Waals surface area (Å²) in [5, 5.41) is 10.4. The Kier molecular flexibility index (Phi) is 5.24. The van der Waals surface area contributed by atoms with E-state index < -0.39 is 0 Å². The Morgan fingerprint density at radius 1 is 1.28 bits per heavy atom. The van der Waals surface area contributed by atoms with Crippen LogP contribution in [-0.2, 0) is 18.4 Å². The van der Waals surface area contributed by atoms with Crippen molar-refractivity contribution in [3.05, 3.63) is 33.5 Å². The van der Waals surface area contributed by atoms with E-state index in [9.17, 15) is 4.79 Å². The molecular formula is C18H27N5OS. The van der Waals surface area contributed by atoms with Gasteiger partial charge >= 0.3 is 0 Å². The highest BCUT2D eigenvalue weighted by molar-refractivity contribution is 7.09. The maximum Gasteiger partial charge on any atom is 0.274 e.